The molecule has 0 atom stereocenters. The molecule has 1 heterocycles. The van der Waals surface area contributed by atoms with Crippen LogP contribution < -0.4 is 5.32 Å². The number of carbonyl (C=O) groups is 1. The Morgan fingerprint density at radius 2 is 2.44 bits per heavy atom. The number of Topliss-reactive ketones (excluding diaryl/α,β-unsaturated/α-hetero) is 1. The van der Waals surface area contributed by atoms with Crippen molar-refractivity contribution in [3.63, 3.8) is 0 Å². The normalized spacial score (nSPS) is 18.2. The van der Waals surface area contributed by atoms with Gasteiger partial charge in [0, 0.05) is 24.4 Å². The van der Waals surface area contributed by atoms with Gasteiger partial charge in [-0.3, -0.25) is 4.79 Å². The third-order valence-electron chi connectivity index (χ3n) is 1.88. The molecule has 0 aromatic rings. The van der Waals surface area contributed by atoms with Gasteiger partial charge in [-0.25, -0.2) is 0 Å². The molecule has 0 saturated carbocycles. The minimum Gasteiger partial charge on any atom is -0.381 e. The largest absolute Gasteiger partial charge is 0.381 e. The molecular formula is C11H14N2O2S. The fourth-order valence-electron chi connectivity index (χ4n) is 1.12. The zero-order chi connectivity index (χ0) is 12.0. The van der Waals surface area contributed by atoms with Gasteiger partial charge in [0.05, 0.1) is 17.2 Å². The molecule has 1 aliphatic heterocycles. The second-order valence-corrected chi connectivity index (χ2v) is 4.18. The number of nitrogens with one attached hydrogen (secondary N) is 2. The third kappa shape index (κ3) is 3.36. The first-order valence-electron chi connectivity index (χ1n) is 4.74. The van der Waals surface area contributed by atoms with Crippen LogP contribution in [-0.4, -0.2) is 25.7 Å². The van der Waals surface area contributed by atoms with Crippen molar-refractivity contribution in [1.29, 1.82) is 5.41 Å². The zero-order valence-electron chi connectivity index (χ0n) is 9.24. The molecule has 0 aliphatic carbocycles. The minimum atomic E-state index is -0.111. The fraction of sp³-hybridized carbons (Fsp3) is 0.273. The van der Waals surface area contributed by atoms with Crippen molar-refractivity contribution in [1.82, 2.24) is 5.32 Å². The fourth-order valence-corrected chi connectivity index (χ4v) is 2.06. The van der Waals surface area contributed by atoms with Gasteiger partial charge in [0.25, 0.3) is 0 Å². The molecule has 0 saturated heterocycles. The number of hydrogen-bond acceptors (Lipinski definition) is 5. The summed E-state index contributed by atoms with van der Waals surface area (Å²) < 4.78 is 4.89. The van der Waals surface area contributed by atoms with E-state index in [0.717, 1.165) is 11.1 Å². The first-order valence-corrected chi connectivity index (χ1v) is 5.56. The summed E-state index contributed by atoms with van der Waals surface area (Å²) in [6.07, 6.45) is 6.68. The lowest BCUT2D eigenvalue weighted by Crippen LogP contribution is -2.07. The van der Waals surface area contributed by atoms with Crippen LogP contribution in [0.1, 0.15) is 6.92 Å². The van der Waals surface area contributed by atoms with Gasteiger partial charge in [0.15, 0.2) is 5.78 Å². The minimum absolute atomic E-state index is 0.111. The predicted octanol–water partition coefficient (Wildman–Crippen LogP) is 1.82. The second kappa shape index (κ2) is 6.30. The van der Waals surface area contributed by atoms with E-state index in [2.05, 4.69) is 5.32 Å². The summed E-state index contributed by atoms with van der Waals surface area (Å²) in [5.74, 6) is -0.111. The van der Waals surface area contributed by atoms with E-state index < -0.39 is 0 Å². The molecule has 0 fully saturated rings. The molecular weight excluding hydrogens is 224 g/mol. The molecule has 0 unspecified atom stereocenters. The van der Waals surface area contributed by atoms with Crippen LogP contribution in [-0.2, 0) is 9.53 Å². The van der Waals surface area contributed by atoms with Crippen LogP contribution in [0.2, 0.25) is 0 Å². The maximum atomic E-state index is 11.2. The van der Waals surface area contributed by atoms with Gasteiger partial charge in [-0.05, 0) is 13.0 Å². The van der Waals surface area contributed by atoms with Gasteiger partial charge in [-0.2, -0.15) is 0 Å². The van der Waals surface area contributed by atoms with Crippen molar-refractivity contribution >= 4 is 23.8 Å². The van der Waals surface area contributed by atoms with Crippen molar-refractivity contribution in [3.05, 3.63) is 33.9 Å². The van der Waals surface area contributed by atoms with Gasteiger partial charge < -0.3 is 15.5 Å². The number of carbonyl (C=O) groups excluding carboxylic acids is 1. The number of thioether (sulfide) groups is 1. The van der Waals surface area contributed by atoms with Crippen LogP contribution >= 0.6 is 11.8 Å². The molecule has 1 aliphatic rings. The molecule has 4 nitrogen and oxygen atoms in total. The highest BCUT2D eigenvalue weighted by molar-refractivity contribution is 8.07. The van der Waals surface area contributed by atoms with Crippen molar-refractivity contribution in [2.75, 3.05) is 13.7 Å². The SMILES string of the molecule is COC/C=C/C1=CN/C(=C(\C=N)C(C)=O)S1. The Balaban J connectivity index is 2.68. The predicted molar refractivity (Wildman–Crippen MR) is 66.3 cm³/mol. The van der Waals surface area contributed by atoms with Crippen LogP contribution in [0.4, 0.5) is 0 Å². The molecule has 16 heavy (non-hydrogen) atoms. The van der Waals surface area contributed by atoms with Crippen molar-refractivity contribution in [3.8, 4) is 0 Å². The zero-order valence-corrected chi connectivity index (χ0v) is 10.1. The Kier molecular flexibility index (Phi) is 5.01. The van der Waals surface area contributed by atoms with Crippen LogP contribution in [0.25, 0.3) is 0 Å². The quantitative estimate of drug-likeness (QED) is 0.566. The number of ketones is 1. The highest BCUT2D eigenvalue weighted by Gasteiger charge is 2.15. The van der Waals surface area contributed by atoms with Crippen LogP contribution in [0.15, 0.2) is 33.9 Å². The molecule has 0 aromatic heterocycles. The lowest BCUT2D eigenvalue weighted by molar-refractivity contribution is -0.113. The average Bonchev–Trinajstić information content (AvgIpc) is 2.67. The smallest absolute Gasteiger partial charge is 0.163 e. The maximum absolute atomic E-state index is 11.2. The second-order valence-electron chi connectivity index (χ2n) is 3.09. The topological polar surface area (TPSA) is 62.2 Å². The van der Waals surface area contributed by atoms with E-state index in [1.165, 1.54) is 18.7 Å². The summed E-state index contributed by atoms with van der Waals surface area (Å²) in [5, 5.41) is 10.9. The van der Waals surface area contributed by atoms with Crippen LogP contribution in [0.3, 0.4) is 0 Å². The summed E-state index contributed by atoms with van der Waals surface area (Å²) in [4.78, 5) is 12.2. The Morgan fingerprint density at radius 3 is 3.00 bits per heavy atom. The summed E-state index contributed by atoms with van der Waals surface area (Å²) in [6, 6.07) is 0. The molecule has 5 heteroatoms. The van der Waals surface area contributed by atoms with Crippen LogP contribution in [0.5, 0.6) is 0 Å². The van der Waals surface area contributed by atoms with Gasteiger partial charge in [-0.1, -0.05) is 17.8 Å². The first-order chi connectivity index (χ1) is 7.69. The lowest BCUT2D eigenvalue weighted by Gasteiger charge is -2.01. The van der Waals surface area contributed by atoms with E-state index >= 15 is 0 Å². The van der Waals surface area contributed by atoms with Gasteiger partial charge in [-0.15, -0.1) is 0 Å². The summed E-state index contributed by atoms with van der Waals surface area (Å²) in [7, 11) is 1.63. The van der Waals surface area contributed by atoms with E-state index in [1.54, 1.807) is 13.3 Å². The van der Waals surface area contributed by atoms with Crippen molar-refractivity contribution in [2.45, 2.75) is 6.92 Å². The van der Waals surface area contributed by atoms with Gasteiger partial charge in [0.1, 0.15) is 0 Å². The molecule has 0 radical (unpaired) electrons. The summed E-state index contributed by atoms with van der Waals surface area (Å²) in [6.45, 7) is 2.01. The molecule has 0 bridgehead atoms. The highest BCUT2D eigenvalue weighted by Crippen LogP contribution is 2.31. The van der Waals surface area contributed by atoms with E-state index in [4.69, 9.17) is 10.1 Å². The van der Waals surface area contributed by atoms with E-state index in [9.17, 15) is 4.79 Å². The number of methoxy groups -OCH3 is 1. The van der Waals surface area contributed by atoms with Gasteiger partial charge >= 0.3 is 0 Å². The number of hydrogen-bond donors (Lipinski definition) is 2. The van der Waals surface area contributed by atoms with Gasteiger partial charge in [0.2, 0.25) is 0 Å². The number of allylic oxidation sites excluding steroid dienone is 2. The summed E-state index contributed by atoms with van der Waals surface area (Å²) in [5.41, 5.74) is 0.399. The Bertz CT molecular complexity index is 383. The van der Waals surface area contributed by atoms with Crippen LogP contribution in [0, 0.1) is 5.41 Å². The molecule has 2 N–H and O–H groups in total. The van der Waals surface area contributed by atoms with E-state index in [-0.39, 0.29) is 5.78 Å². The standard InChI is InChI=1S/C11H14N2O2S/c1-8(14)10(6-12)11-13-7-9(16-11)4-3-5-15-2/h3-4,6-7,12-13H,5H2,1-2H3/b4-3+,11-10-,12-6?. The number of rotatable bonds is 5. The summed E-state index contributed by atoms with van der Waals surface area (Å²) >= 11 is 1.44. The molecule has 86 valence electrons. The van der Waals surface area contributed by atoms with E-state index in [1.807, 2.05) is 12.2 Å². The molecule has 0 aromatic carbocycles. The average molecular weight is 238 g/mol. The molecule has 0 amide bonds. The monoisotopic (exact) mass is 238 g/mol. The Morgan fingerprint density at radius 1 is 1.69 bits per heavy atom. The van der Waals surface area contributed by atoms with Crippen molar-refractivity contribution in [2.24, 2.45) is 0 Å². The first kappa shape index (κ1) is 12.7. The number of ether oxygens (including phenoxy) is 1. The maximum Gasteiger partial charge on any atom is 0.163 e. The molecule has 1 rings (SSSR count). The van der Waals surface area contributed by atoms with E-state index in [0.29, 0.717) is 17.2 Å². The Hall–Kier alpha value is -1.33. The lowest BCUT2D eigenvalue weighted by atomic mass is 10.2. The van der Waals surface area contributed by atoms with Crippen molar-refractivity contribution < 1.29 is 9.53 Å². The highest BCUT2D eigenvalue weighted by atomic mass is 32.2. The Labute approximate surface area is 98.9 Å². The molecule has 0 spiro atoms. The third-order valence-corrected chi connectivity index (χ3v) is 2.91.